The average molecular weight is 290 g/mol. The van der Waals surface area contributed by atoms with Gasteiger partial charge in [0.15, 0.2) is 0 Å². The van der Waals surface area contributed by atoms with Gasteiger partial charge in [-0.05, 0) is 37.0 Å². The first-order valence-corrected chi connectivity index (χ1v) is 7.78. The fraction of sp³-hybridized carbons (Fsp3) is 0.438. The Morgan fingerprint density at radius 1 is 1.35 bits per heavy atom. The molecule has 0 fully saturated rings. The van der Waals surface area contributed by atoms with Crippen molar-refractivity contribution in [3.63, 3.8) is 0 Å². The zero-order valence-electron chi connectivity index (χ0n) is 12.3. The van der Waals surface area contributed by atoms with Crippen LogP contribution in [0, 0.1) is 12.8 Å². The van der Waals surface area contributed by atoms with Gasteiger partial charge < -0.3 is 10.5 Å². The fourth-order valence-electron chi connectivity index (χ4n) is 1.90. The van der Waals surface area contributed by atoms with E-state index in [1.165, 1.54) is 10.4 Å². The quantitative estimate of drug-likeness (QED) is 0.816. The van der Waals surface area contributed by atoms with Gasteiger partial charge in [0.1, 0.15) is 5.75 Å². The zero-order valence-corrected chi connectivity index (χ0v) is 13.2. The van der Waals surface area contributed by atoms with E-state index in [1.54, 1.807) is 11.3 Å². The van der Waals surface area contributed by atoms with Crippen molar-refractivity contribution in [2.75, 3.05) is 12.3 Å². The second kappa shape index (κ2) is 6.75. The Kier molecular flexibility index (Phi) is 5.01. The summed E-state index contributed by atoms with van der Waals surface area (Å²) in [5.41, 5.74) is 7.94. The summed E-state index contributed by atoms with van der Waals surface area (Å²) in [6, 6.07) is 6.02. The third-order valence-corrected chi connectivity index (χ3v) is 3.96. The number of anilines is 1. The Bertz CT molecular complexity index is 563. The molecular weight excluding hydrogens is 268 g/mol. The van der Waals surface area contributed by atoms with Crippen LogP contribution in [0.4, 0.5) is 5.69 Å². The summed E-state index contributed by atoms with van der Waals surface area (Å²) in [5.74, 6) is 1.42. The highest BCUT2D eigenvalue weighted by Gasteiger charge is 2.05. The van der Waals surface area contributed by atoms with Gasteiger partial charge in [0.2, 0.25) is 0 Å². The number of benzene rings is 1. The van der Waals surface area contributed by atoms with Gasteiger partial charge in [-0.3, -0.25) is 0 Å². The molecule has 0 amide bonds. The lowest BCUT2D eigenvalue weighted by atomic mass is 10.1. The number of nitrogens with zero attached hydrogens (tertiary/aromatic N) is 1. The normalized spacial score (nSPS) is 11.0. The number of thiazole rings is 1. The largest absolute Gasteiger partial charge is 0.491 e. The number of hydrogen-bond acceptors (Lipinski definition) is 4. The lowest BCUT2D eigenvalue weighted by Gasteiger charge is -2.11. The number of nitrogens with two attached hydrogens (primary N) is 1. The van der Waals surface area contributed by atoms with Gasteiger partial charge in [0, 0.05) is 17.5 Å². The maximum Gasteiger partial charge on any atom is 0.142 e. The molecule has 2 rings (SSSR count). The molecule has 3 nitrogen and oxygen atoms in total. The third-order valence-electron chi connectivity index (χ3n) is 3.05. The maximum atomic E-state index is 6.06. The molecule has 0 radical (unpaired) electrons. The van der Waals surface area contributed by atoms with Crippen LogP contribution in [-0.2, 0) is 6.42 Å². The number of aromatic nitrogens is 1. The summed E-state index contributed by atoms with van der Waals surface area (Å²) in [6.07, 6.45) is 3.78. The highest BCUT2D eigenvalue weighted by Crippen LogP contribution is 2.25. The van der Waals surface area contributed by atoms with E-state index in [-0.39, 0.29) is 0 Å². The molecule has 2 aromatic rings. The Morgan fingerprint density at radius 2 is 2.15 bits per heavy atom. The topological polar surface area (TPSA) is 48.1 Å². The minimum absolute atomic E-state index is 0.642. The van der Waals surface area contributed by atoms with Crippen molar-refractivity contribution in [2.24, 2.45) is 5.92 Å². The lowest BCUT2D eigenvalue weighted by Crippen LogP contribution is -2.03. The molecule has 108 valence electrons. The molecular formula is C16H22N2OS. The van der Waals surface area contributed by atoms with Crippen LogP contribution in [0.5, 0.6) is 5.75 Å². The second-order valence-electron chi connectivity index (χ2n) is 5.44. The zero-order chi connectivity index (χ0) is 14.5. The van der Waals surface area contributed by atoms with E-state index in [1.807, 2.05) is 18.3 Å². The van der Waals surface area contributed by atoms with E-state index in [9.17, 15) is 0 Å². The number of ether oxygens (including phenoxy) is 1. The van der Waals surface area contributed by atoms with Crippen LogP contribution in [-0.4, -0.2) is 11.6 Å². The van der Waals surface area contributed by atoms with Crippen LogP contribution in [0.2, 0.25) is 0 Å². The van der Waals surface area contributed by atoms with Crippen LogP contribution >= 0.6 is 11.3 Å². The SMILES string of the molecule is Cc1cnc(Cc2ccc(OCCC(C)C)c(N)c2)s1. The Labute approximate surface area is 124 Å². The predicted octanol–water partition coefficient (Wildman–Crippen LogP) is 4.05. The Balaban J connectivity index is 1.98. The first-order valence-electron chi connectivity index (χ1n) is 6.97. The van der Waals surface area contributed by atoms with Crippen molar-refractivity contribution in [1.82, 2.24) is 4.98 Å². The molecule has 0 atom stereocenters. The average Bonchev–Trinajstić information content (AvgIpc) is 2.77. The summed E-state index contributed by atoms with van der Waals surface area (Å²) in [5, 5.41) is 1.12. The monoisotopic (exact) mass is 290 g/mol. The molecule has 0 aliphatic carbocycles. The van der Waals surface area contributed by atoms with Gasteiger partial charge in [0.05, 0.1) is 17.3 Å². The molecule has 1 aromatic heterocycles. The van der Waals surface area contributed by atoms with Crippen molar-refractivity contribution in [2.45, 2.75) is 33.6 Å². The van der Waals surface area contributed by atoms with E-state index in [0.717, 1.165) is 23.6 Å². The number of rotatable bonds is 6. The molecule has 0 unspecified atom stereocenters. The molecule has 1 heterocycles. The lowest BCUT2D eigenvalue weighted by molar-refractivity contribution is 0.291. The minimum atomic E-state index is 0.642. The standard InChI is InChI=1S/C16H22N2OS/c1-11(2)6-7-19-15-5-4-13(8-14(15)17)9-16-18-10-12(3)20-16/h4-5,8,10-11H,6-7,9,17H2,1-3H3. The molecule has 2 N–H and O–H groups in total. The van der Waals surface area contributed by atoms with Crippen LogP contribution in [0.25, 0.3) is 0 Å². The minimum Gasteiger partial charge on any atom is -0.491 e. The summed E-state index contributed by atoms with van der Waals surface area (Å²) in [6.45, 7) is 7.16. The van der Waals surface area contributed by atoms with E-state index >= 15 is 0 Å². The molecule has 0 aliphatic heterocycles. The Morgan fingerprint density at radius 3 is 2.75 bits per heavy atom. The van der Waals surface area contributed by atoms with Crippen molar-refractivity contribution >= 4 is 17.0 Å². The molecule has 0 spiro atoms. The number of aryl methyl sites for hydroxylation is 1. The first kappa shape index (κ1) is 14.9. The van der Waals surface area contributed by atoms with Gasteiger partial charge in [-0.15, -0.1) is 11.3 Å². The van der Waals surface area contributed by atoms with Crippen LogP contribution in [0.15, 0.2) is 24.4 Å². The van der Waals surface area contributed by atoms with Gasteiger partial charge in [-0.2, -0.15) is 0 Å². The highest BCUT2D eigenvalue weighted by atomic mass is 32.1. The number of nitrogen functional groups attached to an aromatic ring is 1. The highest BCUT2D eigenvalue weighted by molar-refractivity contribution is 7.11. The van der Waals surface area contributed by atoms with Crippen molar-refractivity contribution in [1.29, 1.82) is 0 Å². The summed E-state index contributed by atoms with van der Waals surface area (Å²) < 4.78 is 5.72. The van der Waals surface area contributed by atoms with E-state index < -0.39 is 0 Å². The van der Waals surface area contributed by atoms with Crippen molar-refractivity contribution in [3.05, 3.63) is 39.8 Å². The van der Waals surface area contributed by atoms with Gasteiger partial charge >= 0.3 is 0 Å². The van der Waals surface area contributed by atoms with Crippen LogP contribution < -0.4 is 10.5 Å². The van der Waals surface area contributed by atoms with Crippen LogP contribution in [0.3, 0.4) is 0 Å². The molecule has 0 saturated carbocycles. The summed E-state index contributed by atoms with van der Waals surface area (Å²) in [4.78, 5) is 5.62. The first-order chi connectivity index (χ1) is 9.54. The molecule has 0 bridgehead atoms. The third kappa shape index (κ3) is 4.23. The predicted molar refractivity (Wildman–Crippen MR) is 85.5 cm³/mol. The maximum absolute atomic E-state index is 6.06. The van der Waals surface area contributed by atoms with Gasteiger partial charge in [0.25, 0.3) is 0 Å². The van der Waals surface area contributed by atoms with E-state index in [4.69, 9.17) is 10.5 Å². The molecule has 1 aromatic carbocycles. The van der Waals surface area contributed by atoms with Crippen LogP contribution in [0.1, 0.15) is 35.7 Å². The van der Waals surface area contributed by atoms with Gasteiger partial charge in [-0.25, -0.2) is 4.98 Å². The molecule has 0 aliphatic rings. The molecule has 4 heteroatoms. The molecule has 0 saturated heterocycles. The number of hydrogen-bond donors (Lipinski definition) is 1. The summed E-state index contributed by atoms with van der Waals surface area (Å²) in [7, 11) is 0. The smallest absolute Gasteiger partial charge is 0.142 e. The van der Waals surface area contributed by atoms with E-state index in [2.05, 4.69) is 31.8 Å². The Hall–Kier alpha value is -1.55. The fourth-order valence-corrected chi connectivity index (χ4v) is 2.72. The molecule has 20 heavy (non-hydrogen) atoms. The van der Waals surface area contributed by atoms with Crippen molar-refractivity contribution < 1.29 is 4.74 Å². The second-order valence-corrected chi connectivity index (χ2v) is 6.76. The van der Waals surface area contributed by atoms with E-state index in [0.29, 0.717) is 18.2 Å². The van der Waals surface area contributed by atoms with Gasteiger partial charge in [-0.1, -0.05) is 19.9 Å². The summed E-state index contributed by atoms with van der Waals surface area (Å²) >= 11 is 1.73. The van der Waals surface area contributed by atoms with Crippen molar-refractivity contribution in [3.8, 4) is 5.75 Å².